The van der Waals surface area contributed by atoms with Gasteiger partial charge in [-0.05, 0) is 80.1 Å². The van der Waals surface area contributed by atoms with Crippen LogP contribution in [0.4, 0.5) is 5.69 Å². The zero-order chi connectivity index (χ0) is 21.8. The fourth-order valence-electron chi connectivity index (χ4n) is 3.31. The molecular weight excluding hydrogens is 388 g/mol. The molecule has 1 amide bonds. The Hall–Kier alpha value is -2.38. The second kappa shape index (κ2) is 9.41. The summed E-state index contributed by atoms with van der Waals surface area (Å²) in [4.78, 5) is 12.2. The molecule has 0 aliphatic rings. The fourth-order valence-corrected chi connectivity index (χ4v) is 4.97. The van der Waals surface area contributed by atoms with E-state index in [1.54, 1.807) is 31.4 Å². The number of sulfonamides is 1. The minimum absolute atomic E-state index is 0.104. The van der Waals surface area contributed by atoms with E-state index in [-0.39, 0.29) is 12.3 Å². The van der Waals surface area contributed by atoms with E-state index in [4.69, 9.17) is 4.74 Å². The Kier molecular flexibility index (Phi) is 7.43. The summed E-state index contributed by atoms with van der Waals surface area (Å²) < 4.78 is 33.7. The van der Waals surface area contributed by atoms with Gasteiger partial charge in [0.15, 0.2) is 0 Å². The van der Waals surface area contributed by atoms with Gasteiger partial charge in [0.1, 0.15) is 0 Å². The van der Waals surface area contributed by atoms with Crippen molar-refractivity contribution < 1.29 is 17.9 Å². The van der Waals surface area contributed by atoms with Crippen molar-refractivity contribution in [1.29, 1.82) is 0 Å². The second-order valence-electron chi connectivity index (χ2n) is 7.28. The molecule has 2 N–H and O–H groups in total. The minimum Gasteiger partial charge on any atom is -0.383 e. The molecule has 0 atom stereocenters. The predicted octanol–water partition coefficient (Wildman–Crippen LogP) is 3.33. The minimum atomic E-state index is -3.73. The summed E-state index contributed by atoms with van der Waals surface area (Å²) in [5.74, 6) is -0.104. The first-order valence-electron chi connectivity index (χ1n) is 9.52. The summed E-state index contributed by atoms with van der Waals surface area (Å²) in [6.45, 7) is 10.5. The highest BCUT2D eigenvalue weighted by Gasteiger charge is 2.23. The summed E-state index contributed by atoms with van der Waals surface area (Å²) in [5.41, 5.74) is 5.89. The number of anilines is 1. The van der Waals surface area contributed by atoms with E-state index in [2.05, 4.69) is 10.0 Å². The average Bonchev–Trinajstić information content (AvgIpc) is 2.66. The van der Waals surface area contributed by atoms with Crippen molar-refractivity contribution in [1.82, 2.24) is 5.32 Å². The predicted molar refractivity (Wildman–Crippen MR) is 116 cm³/mol. The largest absolute Gasteiger partial charge is 0.383 e. The van der Waals surface area contributed by atoms with Gasteiger partial charge >= 0.3 is 0 Å². The van der Waals surface area contributed by atoms with Gasteiger partial charge in [-0.3, -0.25) is 9.52 Å². The van der Waals surface area contributed by atoms with E-state index >= 15 is 0 Å². The molecule has 0 spiro atoms. The Morgan fingerprint density at radius 2 is 1.41 bits per heavy atom. The van der Waals surface area contributed by atoms with Gasteiger partial charge in [-0.1, -0.05) is 12.1 Å². The number of ether oxygens (including phenoxy) is 1. The van der Waals surface area contributed by atoms with Crippen LogP contribution in [0.5, 0.6) is 0 Å². The van der Waals surface area contributed by atoms with Gasteiger partial charge in [-0.25, -0.2) is 8.42 Å². The molecule has 29 heavy (non-hydrogen) atoms. The van der Waals surface area contributed by atoms with Gasteiger partial charge in [0, 0.05) is 19.3 Å². The summed E-state index contributed by atoms with van der Waals surface area (Å²) in [6, 6.07) is 6.85. The third-order valence-electron chi connectivity index (χ3n) is 5.40. The topological polar surface area (TPSA) is 84.5 Å². The molecule has 158 valence electrons. The quantitative estimate of drug-likeness (QED) is 0.644. The lowest BCUT2D eigenvalue weighted by molar-refractivity contribution is -0.120. The standard InChI is InChI=1S/C22H30N2O4S/c1-14-15(2)17(4)22(18(5)16(14)3)29(26,27)24-20-9-7-19(8-10-20)13-21(25)23-11-12-28-6/h7-10,24H,11-13H2,1-6H3,(H,23,25). The number of benzene rings is 2. The highest BCUT2D eigenvalue weighted by molar-refractivity contribution is 7.92. The van der Waals surface area contributed by atoms with Gasteiger partial charge in [0.05, 0.1) is 17.9 Å². The van der Waals surface area contributed by atoms with Crippen molar-refractivity contribution in [2.45, 2.75) is 45.9 Å². The van der Waals surface area contributed by atoms with Crippen LogP contribution in [0.3, 0.4) is 0 Å². The van der Waals surface area contributed by atoms with Crippen molar-refractivity contribution in [2.75, 3.05) is 25.0 Å². The lowest BCUT2D eigenvalue weighted by Crippen LogP contribution is -2.28. The number of rotatable bonds is 8. The highest BCUT2D eigenvalue weighted by Crippen LogP contribution is 2.30. The van der Waals surface area contributed by atoms with Crippen molar-refractivity contribution in [3.8, 4) is 0 Å². The molecule has 0 saturated heterocycles. The maximum Gasteiger partial charge on any atom is 0.262 e. The molecular formula is C22H30N2O4S. The Balaban J connectivity index is 2.19. The molecule has 0 aliphatic heterocycles. The zero-order valence-electron chi connectivity index (χ0n) is 18.0. The average molecular weight is 419 g/mol. The van der Waals surface area contributed by atoms with E-state index < -0.39 is 10.0 Å². The molecule has 0 aromatic heterocycles. The molecule has 0 unspecified atom stereocenters. The molecule has 0 radical (unpaired) electrons. The van der Waals surface area contributed by atoms with E-state index in [1.807, 2.05) is 34.6 Å². The number of amides is 1. The van der Waals surface area contributed by atoms with Crippen LogP contribution in [0.15, 0.2) is 29.2 Å². The first kappa shape index (κ1) is 22.9. The number of carbonyl (C=O) groups is 1. The third kappa shape index (κ3) is 5.36. The number of nitrogens with one attached hydrogen (secondary N) is 2. The van der Waals surface area contributed by atoms with Crippen LogP contribution in [0.1, 0.15) is 33.4 Å². The summed E-state index contributed by atoms with van der Waals surface area (Å²) in [6.07, 6.45) is 0.227. The fraction of sp³-hybridized carbons (Fsp3) is 0.409. The van der Waals surface area contributed by atoms with Crippen LogP contribution in [0.2, 0.25) is 0 Å². The van der Waals surface area contributed by atoms with Crippen LogP contribution in [0, 0.1) is 34.6 Å². The van der Waals surface area contributed by atoms with Crippen LogP contribution in [-0.2, 0) is 26.0 Å². The van der Waals surface area contributed by atoms with Gasteiger partial charge < -0.3 is 10.1 Å². The zero-order valence-corrected chi connectivity index (χ0v) is 18.8. The van der Waals surface area contributed by atoms with E-state index in [1.165, 1.54) is 0 Å². The Morgan fingerprint density at radius 3 is 1.93 bits per heavy atom. The Bertz CT molecular complexity index is 967. The first-order chi connectivity index (χ1) is 13.6. The van der Waals surface area contributed by atoms with Gasteiger partial charge in [0.25, 0.3) is 10.0 Å². The van der Waals surface area contributed by atoms with Crippen molar-refractivity contribution in [3.63, 3.8) is 0 Å². The number of carbonyl (C=O) groups excluding carboxylic acids is 1. The second-order valence-corrected chi connectivity index (χ2v) is 8.90. The molecule has 2 aromatic rings. The molecule has 6 nitrogen and oxygen atoms in total. The lowest BCUT2D eigenvalue weighted by atomic mass is 9.95. The van der Waals surface area contributed by atoms with Crippen LogP contribution in [-0.4, -0.2) is 34.6 Å². The van der Waals surface area contributed by atoms with E-state index in [9.17, 15) is 13.2 Å². The molecule has 2 rings (SSSR count). The van der Waals surface area contributed by atoms with Gasteiger partial charge in [0.2, 0.25) is 5.91 Å². The summed E-state index contributed by atoms with van der Waals surface area (Å²) in [7, 11) is -2.15. The molecule has 0 fully saturated rings. The van der Waals surface area contributed by atoms with Gasteiger partial charge in [-0.2, -0.15) is 0 Å². The van der Waals surface area contributed by atoms with Crippen LogP contribution >= 0.6 is 0 Å². The SMILES string of the molecule is COCCNC(=O)Cc1ccc(NS(=O)(=O)c2c(C)c(C)c(C)c(C)c2C)cc1. The highest BCUT2D eigenvalue weighted by atomic mass is 32.2. The molecule has 0 bridgehead atoms. The number of hydrogen-bond donors (Lipinski definition) is 2. The third-order valence-corrected chi connectivity index (χ3v) is 7.05. The maximum atomic E-state index is 13.1. The van der Waals surface area contributed by atoms with Crippen molar-refractivity contribution in [2.24, 2.45) is 0 Å². The Labute approximate surface area is 173 Å². The normalized spacial score (nSPS) is 11.4. The smallest absolute Gasteiger partial charge is 0.262 e. The summed E-state index contributed by atoms with van der Waals surface area (Å²) in [5, 5.41) is 2.76. The molecule has 0 heterocycles. The van der Waals surface area contributed by atoms with E-state index in [0.717, 1.165) is 33.4 Å². The maximum absolute atomic E-state index is 13.1. The van der Waals surface area contributed by atoms with Gasteiger partial charge in [-0.15, -0.1) is 0 Å². The molecule has 7 heteroatoms. The molecule has 0 saturated carbocycles. The Morgan fingerprint density at radius 1 is 0.897 bits per heavy atom. The van der Waals surface area contributed by atoms with Crippen LogP contribution in [0.25, 0.3) is 0 Å². The molecule has 2 aromatic carbocycles. The van der Waals surface area contributed by atoms with Crippen LogP contribution < -0.4 is 10.0 Å². The summed E-state index contributed by atoms with van der Waals surface area (Å²) >= 11 is 0. The first-order valence-corrected chi connectivity index (χ1v) is 11.0. The van der Waals surface area contributed by atoms with Crippen molar-refractivity contribution in [3.05, 3.63) is 57.6 Å². The molecule has 0 aliphatic carbocycles. The number of methoxy groups -OCH3 is 1. The number of hydrogen-bond acceptors (Lipinski definition) is 4. The monoisotopic (exact) mass is 418 g/mol. The van der Waals surface area contributed by atoms with E-state index in [0.29, 0.717) is 23.7 Å². The van der Waals surface area contributed by atoms with Crippen molar-refractivity contribution >= 4 is 21.6 Å². The lowest BCUT2D eigenvalue weighted by Gasteiger charge is -2.19.